The van der Waals surface area contributed by atoms with Crippen molar-refractivity contribution in [2.75, 3.05) is 6.54 Å². The van der Waals surface area contributed by atoms with E-state index in [9.17, 15) is 4.79 Å². The summed E-state index contributed by atoms with van der Waals surface area (Å²) in [6.45, 7) is 6.81. The van der Waals surface area contributed by atoms with Gasteiger partial charge < -0.3 is 10.6 Å². The van der Waals surface area contributed by atoms with Crippen LogP contribution in [0.2, 0.25) is 0 Å². The van der Waals surface area contributed by atoms with E-state index in [2.05, 4.69) is 28.1 Å². The molecular weight excluding hydrogens is 280 g/mol. The monoisotopic (exact) mass is 308 g/mol. The molecule has 1 unspecified atom stereocenters. The molecule has 1 saturated carbocycles. The lowest BCUT2D eigenvalue weighted by atomic mass is 9.96. The zero-order valence-electron chi connectivity index (χ0n) is 13.4. The average Bonchev–Trinajstić information content (AvgIpc) is 3.05. The molecule has 0 aliphatic heterocycles. The van der Waals surface area contributed by atoms with Crippen LogP contribution in [0.15, 0.2) is 17.5 Å². The molecule has 0 spiro atoms. The van der Waals surface area contributed by atoms with Crippen molar-refractivity contribution in [3.05, 3.63) is 22.4 Å². The summed E-state index contributed by atoms with van der Waals surface area (Å²) in [5, 5.41) is 8.80. The normalized spacial score (nSPS) is 17.9. The minimum atomic E-state index is -0.143. The first-order valence-corrected chi connectivity index (χ1v) is 8.91. The molecule has 4 heteroatoms. The van der Waals surface area contributed by atoms with Crippen LogP contribution in [0.1, 0.15) is 63.8 Å². The lowest BCUT2D eigenvalue weighted by Gasteiger charge is -2.25. The van der Waals surface area contributed by atoms with Crippen LogP contribution >= 0.6 is 11.3 Å². The van der Waals surface area contributed by atoms with Gasteiger partial charge in [-0.2, -0.15) is 0 Å². The molecule has 1 aliphatic carbocycles. The number of hydrogen-bond donors (Lipinski definition) is 2. The first kappa shape index (κ1) is 16.5. The molecule has 2 N–H and O–H groups in total. The highest BCUT2D eigenvalue weighted by molar-refractivity contribution is 7.10. The summed E-state index contributed by atoms with van der Waals surface area (Å²) in [7, 11) is 0. The molecule has 1 heterocycles. The first-order chi connectivity index (χ1) is 9.96. The van der Waals surface area contributed by atoms with E-state index < -0.39 is 0 Å². The van der Waals surface area contributed by atoms with Crippen LogP contribution in [0.5, 0.6) is 0 Å². The van der Waals surface area contributed by atoms with Gasteiger partial charge >= 0.3 is 0 Å². The molecule has 3 nitrogen and oxygen atoms in total. The first-order valence-electron chi connectivity index (χ1n) is 8.03. The van der Waals surface area contributed by atoms with E-state index in [0.717, 1.165) is 12.5 Å². The number of carbonyl (C=O) groups excluding carboxylic acids is 1. The molecule has 1 atom stereocenters. The standard InChI is InChI=1S/C17H28N2OS/c1-17(2,3)19-15(20)10-11-18-16(13-7-4-5-8-13)14-9-6-12-21-14/h6,9,12-13,16,18H,4-5,7-8,10-11H2,1-3H3,(H,19,20). The molecule has 0 saturated heterocycles. The maximum Gasteiger partial charge on any atom is 0.221 e. The van der Waals surface area contributed by atoms with E-state index in [1.54, 1.807) is 0 Å². The summed E-state index contributed by atoms with van der Waals surface area (Å²) < 4.78 is 0. The zero-order chi connectivity index (χ0) is 15.3. The molecular formula is C17H28N2OS. The van der Waals surface area contributed by atoms with Crippen LogP contribution in [0.4, 0.5) is 0 Å². The zero-order valence-corrected chi connectivity index (χ0v) is 14.3. The van der Waals surface area contributed by atoms with Crippen LogP contribution in [0, 0.1) is 5.92 Å². The Labute approximate surface area is 132 Å². The maximum atomic E-state index is 11.9. The average molecular weight is 308 g/mol. The van der Waals surface area contributed by atoms with E-state index >= 15 is 0 Å². The molecule has 1 aliphatic rings. The number of rotatable bonds is 6. The third-order valence-corrected chi connectivity index (χ3v) is 4.91. The minimum absolute atomic E-state index is 0.131. The lowest BCUT2D eigenvalue weighted by molar-refractivity contribution is -0.122. The number of hydrogen-bond acceptors (Lipinski definition) is 3. The number of carbonyl (C=O) groups is 1. The van der Waals surface area contributed by atoms with E-state index in [4.69, 9.17) is 0 Å². The molecule has 2 rings (SSSR count). The maximum absolute atomic E-state index is 11.9. The fourth-order valence-corrected chi connectivity index (χ4v) is 3.97. The molecule has 118 valence electrons. The van der Waals surface area contributed by atoms with Crippen LogP contribution in [0.3, 0.4) is 0 Å². The van der Waals surface area contributed by atoms with E-state index in [0.29, 0.717) is 12.5 Å². The smallest absolute Gasteiger partial charge is 0.221 e. The molecule has 1 aromatic rings. The Morgan fingerprint density at radius 1 is 1.38 bits per heavy atom. The second-order valence-corrected chi connectivity index (χ2v) is 8.02. The predicted octanol–water partition coefficient (Wildman–Crippen LogP) is 3.87. The van der Waals surface area contributed by atoms with Crippen molar-refractivity contribution in [1.82, 2.24) is 10.6 Å². The molecule has 21 heavy (non-hydrogen) atoms. The van der Waals surface area contributed by atoms with Gasteiger partial charge in [-0.15, -0.1) is 11.3 Å². The fraction of sp³-hybridized carbons (Fsp3) is 0.706. The van der Waals surface area contributed by atoms with Crippen molar-refractivity contribution in [2.45, 2.75) is 64.5 Å². The highest BCUT2D eigenvalue weighted by Crippen LogP contribution is 2.37. The van der Waals surface area contributed by atoms with Gasteiger partial charge in [0.2, 0.25) is 5.91 Å². The van der Waals surface area contributed by atoms with Gasteiger partial charge in [0, 0.05) is 29.4 Å². The summed E-state index contributed by atoms with van der Waals surface area (Å²) in [4.78, 5) is 13.3. The van der Waals surface area contributed by atoms with E-state index in [1.807, 2.05) is 32.1 Å². The topological polar surface area (TPSA) is 41.1 Å². The predicted molar refractivity (Wildman–Crippen MR) is 89.5 cm³/mol. The van der Waals surface area contributed by atoms with Crippen molar-refractivity contribution in [2.24, 2.45) is 5.92 Å². The highest BCUT2D eigenvalue weighted by Gasteiger charge is 2.26. The number of amides is 1. The van der Waals surface area contributed by atoms with Crippen molar-refractivity contribution in [3.8, 4) is 0 Å². The third kappa shape index (κ3) is 5.44. The van der Waals surface area contributed by atoms with Gasteiger partial charge in [0.1, 0.15) is 0 Å². The van der Waals surface area contributed by atoms with Gasteiger partial charge in [0.25, 0.3) is 0 Å². The van der Waals surface area contributed by atoms with E-state index in [1.165, 1.54) is 30.6 Å². The van der Waals surface area contributed by atoms with Crippen LogP contribution in [0.25, 0.3) is 0 Å². The Kier molecular flexibility index (Phi) is 5.82. The highest BCUT2D eigenvalue weighted by atomic mass is 32.1. The summed E-state index contributed by atoms with van der Waals surface area (Å²) in [6, 6.07) is 4.76. The van der Waals surface area contributed by atoms with Gasteiger partial charge in [0.15, 0.2) is 0 Å². The van der Waals surface area contributed by atoms with Crippen molar-refractivity contribution < 1.29 is 4.79 Å². The van der Waals surface area contributed by atoms with Crippen molar-refractivity contribution in [1.29, 1.82) is 0 Å². The molecule has 1 aromatic heterocycles. The van der Waals surface area contributed by atoms with Crippen LogP contribution in [-0.2, 0) is 4.79 Å². The minimum Gasteiger partial charge on any atom is -0.351 e. The Bertz CT molecular complexity index is 430. The molecule has 1 fully saturated rings. The van der Waals surface area contributed by atoms with Crippen LogP contribution in [-0.4, -0.2) is 18.0 Å². The summed E-state index contributed by atoms with van der Waals surface area (Å²) in [5.41, 5.74) is -0.143. The Morgan fingerprint density at radius 2 is 2.10 bits per heavy atom. The summed E-state index contributed by atoms with van der Waals surface area (Å²) in [5.74, 6) is 0.862. The Balaban J connectivity index is 1.84. The summed E-state index contributed by atoms with van der Waals surface area (Å²) in [6.07, 6.45) is 5.86. The van der Waals surface area contributed by atoms with Gasteiger partial charge in [-0.1, -0.05) is 18.9 Å². The Morgan fingerprint density at radius 3 is 2.67 bits per heavy atom. The third-order valence-electron chi connectivity index (χ3n) is 3.95. The van der Waals surface area contributed by atoms with Gasteiger partial charge in [-0.25, -0.2) is 0 Å². The molecule has 0 bridgehead atoms. The second-order valence-electron chi connectivity index (χ2n) is 7.04. The van der Waals surface area contributed by atoms with Crippen molar-refractivity contribution in [3.63, 3.8) is 0 Å². The molecule has 0 radical (unpaired) electrons. The fourth-order valence-electron chi connectivity index (χ4n) is 3.08. The number of nitrogens with one attached hydrogen (secondary N) is 2. The van der Waals surface area contributed by atoms with E-state index in [-0.39, 0.29) is 11.4 Å². The molecule has 1 amide bonds. The van der Waals surface area contributed by atoms with Crippen molar-refractivity contribution >= 4 is 17.2 Å². The quantitative estimate of drug-likeness (QED) is 0.837. The van der Waals surface area contributed by atoms with Gasteiger partial charge in [-0.05, 0) is 51.0 Å². The summed E-state index contributed by atoms with van der Waals surface area (Å²) >= 11 is 1.82. The lowest BCUT2D eigenvalue weighted by Crippen LogP contribution is -2.42. The van der Waals surface area contributed by atoms with Gasteiger partial charge in [0.05, 0.1) is 0 Å². The van der Waals surface area contributed by atoms with Crippen LogP contribution < -0.4 is 10.6 Å². The number of thiophene rings is 1. The molecule has 0 aromatic carbocycles. The van der Waals surface area contributed by atoms with Gasteiger partial charge in [-0.3, -0.25) is 4.79 Å². The Hall–Kier alpha value is -0.870. The largest absolute Gasteiger partial charge is 0.351 e. The SMILES string of the molecule is CC(C)(C)NC(=O)CCNC(c1cccs1)C1CCCC1. The second kappa shape index (κ2) is 7.41.